The number of hydrogen-bond donors (Lipinski definition) is 3. The van der Waals surface area contributed by atoms with Gasteiger partial charge in [-0.05, 0) is 18.1 Å². The highest BCUT2D eigenvalue weighted by Gasteiger charge is 2.27. The van der Waals surface area contributed by atoms with Crippen molar-refractivity contribution < 1.29 is 24.2 Å². The first-order chi connectivity index (χ1) is 8.88. The van der Waals surface area contributed by atoms with E-state index in [1.807, 2.05) is 0 Å². The topological polar surface area (TPSA) is 86.6 Å². The number of carboxylic acids is 1. The summed E-state index contributed by atoms with van der Waals surface area (Å²) in [6, 6.07) is 2.31. The fraction of sp³-hybridized carbons (Fsp3) is 0.385. The number of amides is 1. The average molecular weight is 269 g/mol. The maximum atomic E-state index is 13.5. The van der Waals surface area contributed by atoms with Crippen molar-refractivity contribution in [1.29, 1.82) is 0 Å². The first kappa shape index (κ1) is 14.9. The third-order valence-corrected chi connectivity index (χ3v) is 2.98. The number of aliphatic carboxylic acids is 1. The van der Waals surface area contributed by atoms with E-state index >= 15 is 0 Å². The molecule has 0 fully saturated rings. The molecule has 1 amide bonds. The number of carbonyl (C=O) groups excluding carboxylic acids is 1. The van der Waals surface area contributed by atoms with Crippen LogP contribution in [0.15, 0.2) is 18.2 Å². The average Bonchev–Trinajstić information content (AvgIpc) is 2.34. The molecule has 1 aromatic rings. The lowest BCUT2D eigenvalue weighted by atomic mass is 9.99. The number of hydrogen-bond acceptors (Lipinski definition) is 3. The molecule has 0 aromatic heterocycles. The van der Waals surface area contributed by atoms with Gasteiger partial charge in [0, 0.05) is 0 Å². The van der Waals surface area contributed by atoms with E-state index in [9.17, 15) is 19.1 Å². The Kier molecular flexibility index (Phi) is 4.86. The molecule has 0 unspecified atom stereocenters. The van der Waals surface area contributed by atoms with Crippen molar-refractivity contribution in [2.24, 2.45) is 5.92 Å². The quantitative estimate of drug-likeness (QED) is 0.760. The van der Waals surface area contributed by atoms with Crippen LogP contribution in [0.1, 0.15) is 30.6 Å². The molecule has 0 spiro atoms. The van der Waals surface area contributed by atoms with Gasteiger partial charge >= 0.3 is 5.97 Å². The van der Waals surface area contributed by atoms with Crippen molar-refractivity contribution in [2.45, 2.75) is 26.3 Å². The molecule has 0 radical (unpaired) electrons. The molecule has 1 aromatic carbocycles. The van der Waals surface area contributed by atoms with Gasteiger partial charge in [-0.3, -0.25) is 4.79 Å². The van der Waals surface area contributed by atoms with Gasteiger partial charge in [-0.25, -0.2) is 9.18 Å². The van der Waals surface area contributed by atoms with E-state index in [0.29, 0.717) is 6.42 Å². The molecule has 1 rings (SSSR count). The predicted octanol–water partition coefficient (Wildman–Crippen LogP) is 1.76. The van der Waals surface area contributed by atoms with Crippen LogP contribution in [0.3, 0.4) is 0 Å². The van der Waals surface area contributed by atoms with Crippen LogP contribution in [-0.4, -0.2) is 28.1 Å². The van der Waals surface area contributed by atoms with Gasteiger partial charge in [-0.2, -0.15) is 0 Å². The van der Waals surface area contributed by atoms with E-state index in [0.717, 1.165) is 12.1 Å². The minimum atomic E-state index is -1.20. The molecular formula is C13H16FNO4. The minimum Gasteiger partial charge on any atom is -0.507 e. The summed E-state index contributed by atoms with van der Waals surface area (Å²) < 4.78 is 13.5. The molecule has 0 heterocycles. The summed E-state index contributed by atoms with van der Waals surface area (Å²) in [5.41, 5.74) is -0.544. The third-order valence-electron chi connectivity index (χ3n) is 2.98. The fourth-order valence-corrected chi connectivity index (χ4v) is 1.63. The lowest BCUT2D eigenvalue weighted by molar-refractivity contribution is -0.140. The standard InChI is InChI=1S/C13H16FNO4/c1-3-7(2)11(13(18)19)15-12(17)10-8(14)5-4-6-9(10)16/h4-7,11,16H,3H2,1-2H3,(H,15,17)(H,18,19)/t7-,11-/m0/s1. The Morgan fingerprint density at radius 1 is 1.42 bits per heavy atom. The van der Waals surface area contributed by atoms with Gasteiger partial charge < -0.3 is 15.5 Å². The normalized spacial score (nSPS) is 13.6. The van der Waals surface area contributed by atoms with Crippen LogP contribution in [0.5, 0.6) is 5.75 Å². The maximum Gasteiger partial charge on any atom is 0.326 e. The highest BCUT2D eigenvalue weighted by atomic mass is 19.1. The molecular weight excluding hydrogens is 253 g/mol. The van der Waals surface area contributed by atoms with Crippen molar-refractivity contribution in [1.82, 2.24) is 5.32 Å². The van der Waals surface area contributed by atoms with Gasteiger partial charge in [0.15, 0.2) is 0 Å². The molecule has 5 nitrogen and oxygen atoms in total. The highest BCUT2D eigenvalue weighted by Crippen LogP contribution is 2.20. The number of benzene rings is 1. The number of aromatic hydroxyl groups is 1. The summed E-state index contributed by atoms with van der Waals surface area (Å²) in [6.45, 7) is 3.45. The monoisotopic (exact) mass is 269 g/mol. The zero-order valence-corrected chi connectivity index (χ0v) is 10.7. The van der Waals surface area contributed by atoms with E-state index in [-0.39, 0.29) is 5.92 Å². The van der Waals surface area contributed by atoms with Crippen molar-refractivity contribution in [3.05, 3.63) is 29.6 Å². The number of phenolic OH excluding ortho intramolecular Hbond substituents is 1. The molecule has 0 bridgehead atoms. The molecule has 0 aliphatic heterocycles. The van der Waals surface area contributed by atoms with Gasteiger partial charge in [0.25, 0.3) is 5.91 Å². The van der Waals surface area contributed by atoms with Crippen LogP contribution < -0.4 is 5.32 Å². The second-order valence-corrected chi connectivity index (χ2v) is 4.31. The summed E-state index contributed by atoms with van der Waals surface area (Å²) >= 11 is 0. The molecule has 0 aliphatic carbocycles. The van der Waals surface area contributed by atoms with Crippen LogP contribution in [-0.2, 0) is 4.79 Å². The van der Waals surface area contributed by atoms with Gasteiger partial charge in [-0.1, -0.05) is 26.3 Å². The van der Waals surface area contributed by atoms with Gasteiger partial charge in [0.2, 0.25) is 0 Å². The van der Waals surface area contributed by atoms with Crippen LogP contribution in [0.4, 0.5) is 4.39 Å². The summed E-state index contributed by atoms with van der Waals surface area (Å²) in [6.07, 6.45) is 0.542. The largest absolute Gasteiger partial charge is 0.507 e. The molecule has 0 aliphatic rings. The van der Waals surface area contributed by atoms with E-state index in [4.69, 9.17) is 5.11 Å². The van der Waals surface area contributed by atoms with Crippen molar-refractivity contribution in [2.75, 3.05) is 0 Å². The summed E-state index contributed by atoms with van der Waals surface area (Å²) in [5.74, 6) is -3.87. The Morgan fingerprint density at radius 2 is 2.05 bits per heavy atom. The van der Waals surface area contributed by atoms with Gasteiger partial charge in [0.1, 0.15) is 23.2 Å². The summed E-state index contributed by atoms with van der Waals surface area (Å²) in [5, 5.41) is 20.7. The molecule has 3 N–H and O–H groups in total. The van der Waals surface area contributed by atoms with Crippen LogP contribution in [0.25, 0.3) is 0 Å². The molecule has 0 saturated heterocycles. The van der Waals surface area contributed by atoms with E-state index < -0.39 is 35.0 Å². The number of rotatable bonds is 5. The molecule has 6 heteroatoms. The highest BCUT2D eigenvalue weighted by molar-refractivity contribution is 5.99. The van der Waals surface area contributed by atoms with E-state index in [1.165, 1.54) is 6.07 Å². The molecule has 104 valence electrons. The lowest BCUT2D eigenvalue weighted by Gasteiger charge is -2.20. The first-order valence-corrected chi connectivity index (χ1v) is 5.89. The lowest BCUT2D eigenvalue weighted by Crippen LogP contribution is -2.45. The van der Waals surface area contributed by atoms with E-state index in [1.54, 1.807) is 13.8 Å². The Labute approximate surface area is 110 Å². The van der Waals surface area contributed by atoms with Gasteiger partial charge in [-0.15, -0.1) is 0 Å². The molecule has 19 heavy (non-hydrogen) atoms. The Balaban J connectivity index is 2.98. The van der Waals surface area contributed by atoms with Crippen LogP contribution in [0.2, 0.25) is 0 Å². The fourth-order valence-electron chi connectivity index (χ4n) is 1.63. The van der Waals surface area contributed by atoms with Crippen LogP contribution >= 0.6 is 0 Å². The first-order valence-electron chi connectivity index (χ1n) is 5.89. The van der Waals surface area contributed by atoms with Crippen molar-refractivity contribution in [3.63, 3.8) is 0 Å². The Hall–Kier alpha value is -2.11. The second-order valence-electron chi connectivity index (χ2n) is 4.31. The number of nitrogens with one attached hydrogen (secondary N) is 1. The Morgan fingerprint density at radius 3 is 2.53 bits per heavy atom. The number of halogens is 1. The SMILES string of the molecule is CC[C@H](C)[C@H](NC(=O)c1c(O)cccc1F)C(=O)O. The smallest absolute Gasteiger partial charge is 0.326 e. The Bertz CT molecular complexity index is 469. The molecule has 2 atom stereocenters. The maximum absolute atomic E-state index is 13.5. The zero-order chi connectivity index (χ0) is 14.6. The minimum absolute atomic E-state index is 0.310. The summed E-state index contributed by atoms with van der Waals surface area (Å²) in [7, 11) is 0. The summed E-state index contributed by atoms with van der Waals surface area (Å²) in [4.78, 5) is 22.9. The predicted molar refractivity (Wildman–Crippen MR) is 66.4 cm³/mol. The zero-order valence-electron chi connectivity index (χ0n) is 10.7. The second kappa shape index (κ2) is 6.17. The van der Waals surface area contributed by atoms with Crippen molar-refractivity contribution >= 4 is 11.9 Å². The number of carboxylic acid groups (broad SMARTS) is 1. The number of phenols is 1. The third kappa shape index (κ3) is 3.43. The van der Waals surface area contributed by atoms with Gasteiger partial charge in [0.05, 0.1) is 0 Å². The number of carbonyl (C=O) groups is 2. The van der Waals surface area contributed by atoms with Crippen LogP contribution in [0, 0.1) is 11.7 Å². The molecule has 0 saturated carbocycles. The van der Waals surface area contributed by atoms with Crippen molar-refractivity contribution in [3.8, 4) is 5.75 Å². The van der Waals surface area contributed by atoms with E-state index in [2.05, 4.69) is 5.32 Å².